The third-order valence-electron chi connectivity index (χ3n) is 4.40. The van der Waals surface area contributed by atoms with Crippen molar-refractivity contribution in [3.63, 3.8) is 0 Å². The van der Waals surface area contributed by atoms with Gasteiger partial charge in [0, 0.05) is 17.2 Å². The van der Waals surface area contributed by atoms with Crippen molar-refractivity contribution < 1.29 is 9.32 Å². The van der Waals surface area contributed by atoms with Gasteiger partial charge < -0.3 is 15.2 Å². The maximum absolute atomic E-state index is 12.2. The summed E-state index contributed by atoms with van der Waals surface area (Å²) in [6, 6.07) is 14.0. The zero-order valence-electron chi connectivity index (χ0n) is 13.9. The van der Waals surface area contributed by atoms with Gasteiger partial charge in [0.1, 0.15) is 0 Å². The quantitative estimate of drug-likeness (QED) is 0.654. The molecule has 1 fully saturated rings. The summed E-state index contributed by atoms with van der Waals surface area (Å²) in [5, 5.41) is 10.0. The largest absolute Gasteiger partial charge is 0.339 e. The van der Waals surface area contributed by atoms with Crippen LogP contribution in [0, 0.1) is 0 Å². The molecule has 6 nitrogen and oxygen atoms in total. The number of nitrogens with zero attached hydrogens (tertiary/aromatic N) is 2. The number of anilines is 2. The Morgan fingerprint density at radius 1 is 1.12 bits per heavy atom. The fourth-order valence-corrected chi connectivity index (χ4v) is 2.94. The highest BCUT2D eigenvalue weighted by Crippen LogP contribution is 2.36. The molecule has 132 valence electrons. The second-order valence-corrected chi connectivity index (χ2v) is 6.63. The molecule has 0 saturated heterocycles. The molecule has 0 radical (unpaired) electrons. The van der Waals surface area contributed by atoms with Crippen LogP contribution in [-0.2, 0) is 0 Å². The predicted octanol–water partition coefficient (Wildman–Crippen LogP) is 5.30. The van der Waals surface area contributed by atoms with E-state index in [1.807, 2.05) is 18.2 Å². The van der Waals surface area contributed by atoms with Gasteiger partial charge in [-0.3, -0.25) is 0 Å². The summed E-state index contributed by atoms with van der Waals surface area (Å²) >= 11 is 6.05. The zero-order chi connectivity index (χ0) is 17.9. The van der Waals surface area contributed by atoms with E-state index in [0.717, 1.165) is 18.4 Å². The Hall–Kier alpha value is -2.86. The molecule has 2 aromatic carbocycles. The van der Waals surface area contributed by atoms with Crippen LogP contribution in [0.3, 0.4) is 0 Å². The summed E-state index contributed by atoms with van der Waals surface area (Å²) < 4.78 is 5.36. The van der Waals surface area contributed by atoms with Crippen molar-refractivity contribution >= 4 is 29.0 Å². The molecule has 2 N–H and O–H groups in total. The Kier molecular flexibility index (Phi) is 4.58. The minimum atomic E-state index is -0.376. The summed E-state index contributed by atoms with van der Waals surface area (Å²) in [5.74, 6) is 1.61. The predicted molar refractivity (Wildman–Crippen MR) is 100 cm³/mol. The van der Waals surface area contributed by atoms with Crippen molar-refractivity contribution in [2.24, 2.45) is 0 Å². The van der Waals surface area contributed by atoms with E-state index in [1.54, 1.807) is 30.3 Å². The molecule has 3 aromatic rings. The smallest absolute Gasteiger partial charge is 0.323 e. The Morgan fingerprint density at radius 3 is 2.73 bits per heavy atom. The van der Waals surface area contributed by atoms with E-state index in [9.17, 15) is 4.79 Å². The van der Waals surface area contributed by atoms with Gasteiger partial charge in [-0.25, -0.2) is 4.79 Å². The van der Waals surface area contributed by atoms with Gasteiger partial charge in [-0.2, -0.15) is 4.98 Å². The molecule has 26 heavy (non-hydrogen) atoms. The lowest BCUT2D eigenvalue weighted by molar-refractivity contribution is 0.262. The van der Waals surface area contributed by atoms with Crippen LogP contribution in [0.4, 0.5) is 16.2 Å². The first-order valence-corrected chi connectivity index (χ1v) is 8.83. The van der Waals surface area contributed by atoms with Gasteiger partial charge >= 0.3 is 6.03 Å². The molecule has 1 heterocycles. The number of nitrogens with one attached hydrogen (secondary N) is 2. The van der Waals surface area contributed by atoms with Gasteiger partial charge in [-0.1, -0.05) is 47.4 Å². The summed E-state index contributed by atoms with van der Waals surface area (Å²) in [7, 11) is 0. The highest BCUT2D eigenvalue weighted by molar-refractivity contribution is 6.33. The lowest BCUT2D eigenvalue weighted by Crippen LogP contribution is -2.19. The second kappa shape index (κ2) is 7.17. The number of aromatic nitrogens is 2. The van der Waals surface area contributed by atoms with Crippen molar-refractivity contribution in [1.29, 1.82) is 0 Å². The first-order valence-electron chi connectivity index (χ1n) is 8.45. The van der Waals surface area contributed by atoms with Crippen molar-refractivity contribution in [3.8, 4) is 11.4 Å². The second-order valence-electron chi connectivity index (χ2n) is 6.22. The van der Waals surface area contributed by atoms with Gasteiger partial charge in [0.2, 0.25) is 11.7 Å². The van der Waals surface area contributed by atoms with Crippen LogP contribution in [-0.4, -0.2) is 16.2 Å². The maximum atomic E-state index is 12.2. The van der Waals surface area contributed by atoms with Gasteiger partial charge in [0.05, 0.1) is 10.7 Å². The number of hydrogen-bond donors (Lipinski definition) is 2. The molecule has 0 unspecified atom stereocenters. The van der Waals surface area contributed by atoms with Crippen molar-refractivity contribution in [3.05, 3.63) is 59.4 Å². The first kappa shape index (κ1) is 16.6. The summed E-state index contributed by atoms with van der Waals surface area (Å²) in [6.45, 7) is 0. The van der Waals surface area contributed by atoms with E-state index in [0.29, 0.717) is 34.0 Å². The number of urea groups is 1. The Balaban J connectivity index is 1.46. The minimum absolute atomic E-state index is 0.376. The topological polar surface area (TPSA) is 80.1 Å². The van der Waals surface area contributed by atoms with E-state index >= 15 is 0 Å². The molecular weight excluding hydrogens is 352 g/mol. The van der Waals surface area contributed by atoms with Crippen LogP contribution in [0.2, 0.25) is 5.02 Å². The van der Waals surface area contributed by atoms with Gasteiger partial charge in [0.15, 0.2) is 0 Å². The van der Waals surface area contributed by atoms with Crippen LogP contribution in [0.15, 0.2) is 53.1 Å². The van der Waals surface area contributed by atoms with E-state index in [1.165, 1.54) is 6.42 Å². The summed E-state index contributed by atoms with van der Waals surface area (Å²) in [4.78, 5) is 16.7. The number of amides is 2. The average Bonchev–Trinajstić information content (AvgIpc) is 3.05. The lowest BCUT2D eigenvalue weighted by atomic mass is 9.85. The molecule has 0 bridgehead atoms. The van der Waals surface area contributed by atoms with Crippen molar-refractivity contribution in [2.45, 2.75) is 25.2 Å². The molecule has 2 amide bonds. The van der Waals surface area contributed by atoms with E-state index in [2.05, 4.69) is 20.8 Å². The molecule has 1 saturated carbocycles. The normalized spacial score (nSPS) is 13.9. The van der Waals surface area contributed by atoms with Crippen LogP contribution in [0.5, 0.6) is 0 Å². The van der Waals surface area contributed by atoms with E-state index in [4.69, 9.17) is 16.1 Å². The molecule has 1 aliphatic carbocycles. The minimum Gasteiger partial charge on any atom is -0.339 e. The SMILES string of the molecule is O=C(Nc1cccc(-c2noc(C3CCC3)n2)c1)Nc1ccccc1Cl. The average molecular weight is 369 g/mol. The third-order valence-corrected chi connectivity index (χ3v) is 4.73. The number of para-hydroxylation sites is 1. The Labute approximate surface area is 155 Å². The fraction of sp³-hybridized carbons (Fsp3) is 0.211. The summed E-state index contributed by atoms with van der Waals surface area (Å²) in [5.41, 5.74) is 1.96. The third kappa shape index (κ3) is 3.55. The van der Waals surface area contributed by atoms with Crippen molar-refractivity contribution in [1.82, 2.24) is 10.1 Å². The van der Waals surface area contributed by atoms with Crippen LogP contribution >= 0.6 is 11.6 Å². The zero-order valence-corrected chi connectivity index (χ0v) is 14.7. The molecule has 4 rings (SSSR count). The molecule has 1 aromatic heterocycles. The van der Waals surface area contributed by atoms with E-state index < -0.39 is 0 Å². The molecule has 0 aliphatic heterocycles. The van der Waals surface area contributed by atoms with Gasteiger partial charge in [-0.05, 0) is 37.1 Å². The monoisotopic (exact) mass is 368 g/mol. The number of carbonyl (C=O) groups excluding carboxylic acids is 1. The number of hydrogen-bond acceptors (Lipinski definition) is 4. The van der Waals surface area contributed by atoms with Crippen molar-refractivity contribution in [2.75, 3.05) is 10.6 Å². The van der Waals surface area contributed by atoms with Crippen LogP contribution < -0.4 is 10.6 Å². The Morgan fingerprint density at radius 2 is 1.96 bits per heavy atom. The number of benzene rings is 2. The molecule has 0 spiro atoms. The highest BCUT2D eigenvalue weighted by Gasteiger charge is 2.25. The molecule has 0 atom stereocenters. The molecular formula is C19H17ClN4O2. The number of halogens is 1. The van der Waals surface area contributed by atoms with Gasteiger partial charge in [-0.15, -0.1) is 0 Å². The fourth-order valence-electron chi connectivity index (χ4n) is 2.76. The number of carbonyl (C=O) groups is 1. The van der Waals surface area contributed by atoms with Crippen LogP contribution in [0.25, 0.3) is 11.4 Å². The lowest BCUT2D eigenvalue weighted by Gasteiger charge is -2.20. The molecule has 1 aliphatic rings. The molecule has 7 heteroatoms. The summed E-state index contributed by atoms with van der Waals surface area (Å²) in [6.07, 6.45) is 3.42. The standard InChI is InChI=1S/C19H17ClN4O2/c20-15-9-1-2-10-16(15)22-19(25)21-14-8-4-7-13(11-14)17-23-18(26-24-17)12-5-3-6-12/h1-2,4,7-12H,3,5-6H2,(H2,21,22,25). The Bertz CT molecular complexity index is 937. The van der Waals surface area contributed by atoms with E-state index in [-0.39, 0.29) is 6.03 Å². The van der Waals surface area contributed by atoms with Gasteiger partial charge in [0.25, 0.3) is 0 Å². The number of rotatable bonds is 4. The maximum Gasteiger partial charge on any atom is 0.323 e. The highest BCUT2D eigenvalue weighted by atomic mass is 35.5. The van der Waals surface area contributed by atoms with Crippen LogP contribution in [0.1, 0.15) is 31.1 Å². The first-order chi connectivity index (χ1) is 12.7.